The summed E-state index contributed by atoms with van der Waals surface area (Å²) in [6.07, 6.45) is 1.49. The van der Waals surface area contributed by atoms with Crippen molar-refractivity contribution in [1.29, 1.82) is 0 Å². The number of carbonyl (C=O) groups is 2. The molecule has 0 radical (unpaired) electrons. The van der Waals surface area contributed by atoms with Crippen molar-refractivity contribution in [3.8, 4) is 0 Å². The average Bonchev–Trinajstić information content (AvgIpc) is 3.32. The first-order valence-electron chi connectivity index (χ1n) is 9.20. The van der Waals surface area contributed by atoms with Crippen molar-refractivity contribution in [2.75, 3.05) is 4.90 Å². The molecule has 0 aliphatic rings. The number of rotatable bonds is 5. The molecule has 2 aromatic heterocycles. The maximum absolute atomic E-state index is 13.5. The van der Waals surface area contributed by atoms with E-state index in [1.165, 1.54) is 11.2 Å². The fourth-order valence-electron chi connectivity index (χ4n) is 3.08. The van der Waals surface area contributed by atoms with Crippen molar-refractivity contribution in [2.24, 2.45) is 0 Å². The lowest BCUT2D eigenvalue weighted by Crippen LogP contribution is -2.49. The Kier molecular flexibility index (Phi) is 5.83. The molecule has 0 bridgehead atoms. The van der Waals surface area contributed by atoms with E-state index in [4.69, 9.17) is 4.42 Å². The van der Waals surface area contributed by atoms with Gasteiger partial charge < -0.3 is 9.73 Å². The molecular formula is C21H24N4O3S. The van der Waals surface area contributed by atoms with Crippen LogP contribution in [0, 0.1) is 13.8 Å². The second kappa shape index (κ2) is 8.16. The van der Waals surface area contributed by atoms with E-state index in [-0.39, 0.29) is 11.6 Å². The normalized spacial score (nSPS) is 12.4. The number of amides is 2. The van der Waals surface area contributed by atoms with Crippen molar-refractivity contribution >= 4 is 29.0 Å². The minimum absolute atomic E-state index is 0.176. The molecule has 1 N–H and O–H groups in total. The standard InChI is InChI=1S/C21H24N4O3S/c1-13-8-9-16(14(2)11-13)25(20(27)15-12-29-24-23-15)18(17-7-6-10-28-17)19(26)22-21(3,4)5/h6-12,18H,1-5H3,(H,22,26)/t18-/m1/s1. The van der Waals surface area contributed by atoms with Gasteiger partial charge in [0.05, 0.1) is 6.26 Å². The Morgan fingerprint density at radius 2 is 1.97 bits per heavy atom. The highest BCUT2D eigenvalue weighted by Gasteiger charge is 2.38. The maximum Gasteiger partial charge on any atom is 0.280 e. The Labute approximate surface area is 173 Å². The van der Waals surface area contributed by atoms with Crippen LogP contribution in [0.3, 0.4) is 0 Å². The van der Waals surface area contributed by atoms with E-state index >= 15 is 0 Å². The van der Waals surface area contributed by atoms with Crippen LogP contribution in [-0.4, -0.2) is 26.9 Å². The molecule has 0 saturated heterocycles. The van der Waals surface area contributed by atoms with Crippen LogP contribution in [0.5, 0.6) is 0 Å². The molecule has 152 valence electrons. The number of hydrogen-bond donors (Lipinski definition) is 1. The highest BCUT2D eigenvalue weighted by atomic mass is 32.1. The number of nitrogens with zero attached hydrogens (tertiary/aromatic N) is 3. The van der Waals surface area contributed by atoms with Crippen LogP contribution in [0.25, 0.3) is 0 Å². The lowest BCUT2D eigenvalue weighted by molar-refractivity contribution is -0.124. The number of aryl methyl sites for hydroxylation is 2. The third-order valence-corrected chi connectivity index (χ3v) is 4.73. The Morgan fingerprint density at radius 3 is 2.52 bits per heavy atom. The van der Waals surface area contributed by atoms with Gasteiger partial charge in [-0.15, -0.1) is 5.10 Å². The summed E-state index contributed by atoms with van der Waals surface area (Å²) < 4.78 is 9.38. The van der Waals surface area contributed by atoms with Gasteiger partial charge in [-0.1, -0.05) is 22.2 Å². The average molecular weight is 413 g/mol. The van der Waals surface area contributed by atoms with Gasteiger partial charge >= 0.3 is 0 Å². The number of aromatic nitrogens is 2. The van der Waals surface area contributed by atoms with E-state index in [1.54, 1.807) is 17.5 Å². The zero-order valence-electron chi connectivity index (χ0n) is 17.1. The van der Waals surface area contributed by atoms with E-state index in [2.05, 4.69) is 14.9 Å². The molecule has 7 nitrogen and oxygen atoms in total. The van der Waals surface area contributed by atoms with E-state index < -0.39 is 17.5 Å². The summed E-state index contributed by atoms with van der Waals surface area (Å²) in [7, 11) is 0. The van der Waals surface area contributed by atoms with Gasteiger partial charge in [0.1, 0.15) is 5.76 Å². The number of furan rings is 1. The minimum atomic E-state index is -1.00. The number of hydrogen-bond acceptors (Lipinski definition) is 6. The molecule has 1 aromatic carbocycles. The predicted octanol–water partition coefficient (Wildman–Crippen LogP) is 4.05. The van der Waals surface area contributed by atoms with Gasteiger partial charge in [-0.2, -0.15) is 0 Å². The summed E-state index contributed by atoms with van der Waals surface area (Å²) in [6.45, 7) is 9.54. The zero-order chi connectivity index (χ0) is 21.2. The van der Waals surface area contributed by atoms with Gasteiger partial charge in [-0.25, -0.2) is 0 Å². The molecular weight excluding hydrogens is 388 g/mol. The third-order valence-electron chi connectivity index (χ3n) is 4.23. The molecule has 0 fully saturated rings. The predicted molar refractivity (Wildman–Crippen MR) is 112 cm³/mol. The number of nitrogens with one attached hydrogen (secondary N) is 1. The first kappa shape index (κ1) is 20.7. The van der Waals surface area contributed by atoms with E-state index in [1.807, 2.05) is 52.8 Å². The Balaban J connectivity index is 2.17. The lowest BCUT2D eigenvalue weighted by Gasteiger charge is -2.32. The van der Waals surface area contributed by atoms with E-state index in [0.717, 1.165) is 22.7 Å². The molecule has 0 unspecified atom stereocenters. The smallest absolute Gasteiger partial charge is 0.280 e. The topological polar surface area (TPSA) is 88.3 Å². The van der Waals surface area contributed by atoms with E-state index in [9.17, 15) is 9.59 Å². The van der Waals surface area contributed by atoms with Gasteiger partial charge in [0, 0.05) is 16.6 Å². The van der Waals surface area contributed by atoms with Gasteiger partial charge in [-0.05, 0) is 69.9 Å². The molecule has 3 rings (SSSR count). The van der Waals surface area contributed by atoms with Crippen molar-refractivity contribution in [3.63, 3.8) is 0 Å². The third kappa shape index (κ3) is 4.71. The molecule has 3 aromatic rings. The van der Waals surface area contributed by atoms with Crippen LogP contribution >= 0.6 is 11.5 Å². The largest absolute Gasteiger partial charge is 0.467 e. The Morgan fingerprint density at radius 1 is 1.21 bits per heavy atom. The van der Waals surface area contributed by atoms with Crippen LogP contribution < -0.4 is 10.2 Å². The summed E-state index contributed by atoms with van der Waals surface area (Å²) in [5.74, 6) is -0.400. The first-order chi connectivity index (χ1) is 13.7. The molecule has 2 heterocycles. The molecule has 0 aliphatic heterocycles. The summed E-state index contributed by atoms with van der Waals surface area (Å²) in [5.41, 5.74) is 2.22. The van der Waals surface area contributed by atoms with Gasteiger partial charge in [0.25, 0.3) is 11.8 Å². The highest BCUT2D eigenvalue weighted by Crippen LogP contribution is 2.33. The van der Waals surface area contributed by atoms with Crippen molar-refractivity contribution in [1.82, 2.24) is 14.9 Å². The highest BCUT2D eigenvalue weighted by molar-refractivity contribution is 7.03. The molecule has 0 saturated carbocycles. The second-order valence-corrected chi connectivity index (χ2v) is 8.52. The van der Waals surface area contributed by atoms with Gasteiger partial charge in [0.2, 0.25) is 0 Å². The van der Waals surface area contributed by atoms with Gasteiger partial charge in [0.15, 0.2) is 11.7 Å². The van der Waals surface area contributed by atoms with Crippen molar-refractivity contribution < 1.29 is 14.0 Å². The van der Waals surface area contributed by atoms with Crippen molar-refractivity contribution in [3.05, 3.63) is 64.6 Å². The fraction of sp³-hybridized carbons (Fsp3) is 0.333. The lowest BCUT2D eigenvalue weighted by atomic mass is 10.0. The van der Waals surface area contributed by atoms with Crippen LogP contribution in [-0.2, 0) is 4.79 Å². The first-order valence-corrected chi connectivity index (χ1v) is 10.0. The minimum Gasteiger partial charge on any atom is -0.467 e. The second-order valence-electron chi connectivity index (χ2n) is 7.91. The number of benzene rings is 1. The molecule has 29 heavy (non-hydrogen) atoms. The maximum atomic E-state index is 13.5. The number of anilines is 1. The SMILES string of the molecule is Cc1ccc(N(C(=O)c2csnn2)[C@@H](C(=O)NC(C)(C)C)c2ccco2)c(C)c1. The molecule has 0 aliphatic carbocycles. The Bertz CT molecular complexity index is 992. The quantitative estimate of drug-likeness (QED) is 0.683. The summed E-state index contributed by atoms with van der Waals surface area (Å²) in [6, 6.07) is 8.10. The summed E-state index contributed by atoms with van der Waals surface area (Å²) >= 11 is 1.08. The zero-order valence-corrected chi connectivity index (χ0v) is 17.9. The van der Waals surface area contributed by atoms with Crippen molar-refractivity contribution in [2.45, 2.75) is 46.2 Å². The summed E-state index contributed by atoms with van der Waals surface area (Å²) in [5, 5.41) is 8.45. The van der Waals surface area contributed by atoms with Gasteiger partial charge in [-0.3, -0.25) is 14.5 Å². The van der Waals surface area contributed by atoms with E-state index in [0.29, 0.717) is 11.4 Å². The van der Waals surface area contributed by atoms with Crippen LogP contribution in [0.2, 0.25) is 0 Å². The fourth-order valence-corrected chi connectivity index (χ4v) is 3.51. The van der Waals surface area contributed by atoms with Crippen LogP contribution in [0.15, 0.2) is 46.4 Å². The van der Waals surface area contributed by atoms with Crippen LogP contribution in [0.4, 0.5) is 5.69 Å². The Hall–Kier alpha value is -3.00. The molecule has 8 heteroatoms. The monoisotopic (exact) mass is 412 g/mol. The number of carbonyl (C=O) groups excluding carboxylic acids is 2. The molecule has 2 amide bonds. The van der Waals surface area contributed by atoms with Crippen LogP contribution in [0.1, 0.15) is 54.2 Å². The molecule has 0 spiro atoms. The summed E-state index contributed by atoms with van der Waals surface area (Å²) in [4.78, 5) is 28.2. The molecule has 1 atom stereocenters.